The summed E-state index contributed by atoms with van der Waals surface area (Å²) in [5.41, 5.74) is 5.46. The molecular formula is C16H23FN2O2. The SMILES string of the molecule is NC1(C(=O)NCCCOc2ccc(F)cc2)CCCCC1. The molecule has 1 saturated carbocycles. The molecule has 1 amide bonds. The van der Waals surface area contributed by atoms with Crippen molar-refractivity contribution < 1.29 is 13.9 Å². The Morgan fingerprint density at radius 2 is 1.90 bits per heavy atom. The van der Waals surface area contributed by atoms with Gasteiger partial charge in [0.05, 0.1) is 12.1 Å². The van der Waals surface area contributed by atoms with Crippen LogP contribution in [-0.4, -0.2) is 24.6 Å². The number of nitrogens with two attached hydrogens (primary N) is 1. The lowest BCUT2D eigenvalue weighted by Crippen LogP contribution is -2.55. The van der Waals surface area contributed by atoms with Crippen molar-refractivity contribution in [3.8, 4) is 5.75 Å². The predicted octanol–water partition coefficient (Wildman–Crippen LogP) is 2.37. The summed E-state index contributed by atoms with van der Waals surface area (Å²) in [6.07, 6.45) is 5.45. The van der Waals surface area contributed by atoms with Crippen molar-refractivity contribution in [3.05, 3.63) is 30.1 Å². The van der Waals surface area contributed by atoms with E-state index in [2.05, 4.69) is 5.32 Å². The van der Waals surface area contributed by atoms with Crippen molar-refractivity contribution in [2.45, 2.75) is 44.1 Å². The van der Waals surface area contributed by atoms with E-state index in [0.29, 0.717) is 25.3 Å². The summed E-state index contributed by atoms with van der Waals surface area (Å²) >= 11 is 0. The molecule has 2 rings (SSSR count). The van der Waals surface area contributed by atoms with Gasteiger partial charge in [-0.3, -0.25) is 4.79 Å². The summed E-state index contributed by atoms with van der Waals surface area (Å²) in [5, 5.41) is 2.88. The molecule has 4 nitrogen and oxygen atoms in total. The van der Waals surface area contributed by atoms with Crippen LogP contribution in [-0.2, 0) is 4.79 Å². The Morgan fingerprint density at radius 3 is 2.57 bits per heavy atom. The summed E-state index contributed by atoms with van der Waals surface area (Å²) < 4.78 is 18.2. The summed E-state index contributed by atoms with van der Waals surface area (Å²) in [5.74, 6) is 0.296. The van der Waals surface area contributed by atoms with E-state index >= 15 is 0 Å². The van der Waals surface area contributed by atoms with E-state index in [9.17, 15) is 9.18 Å². The van der Waals surface area contributed by atoms with Gasteiger partial charge in [0.1, 0.15) is 11.6 Å². The van der Waals surface area contributed by atoms with Crippen LogP contribution >= 0.6 is 0 Å². The van der Waals surface area contributed by atoms with Gasteiger partial charge in [0.25, 0.3) is 0 Å². The van der Waals surface area contributed by atoms with Gasteiger partial charge in [-0.1, -0.05) is 19.3 Å². The molecule has 1 aliphatic carbocycles. The Kier molecular flexibility index (Phi) is 5.56. The van der Waals surface area contributed by atoms with Crippen LogP contribution < -0.4 is 15.8 Å². The Bertz CT molecular complexity index is 456. The second-order valence-corrected chi connectivity index (χ2v) is 5.63. The third-order valence-electron chi connectivity index (χ3n) is 3.89. The molecular weight excluding hydrogens is 271 g/mol. The number of carbonyl (C=O) groups excluding carboxylic acids is 1. The first-order chi connectivity index (χ1) is 10.1. The van der Waals surface area contributed by atoms with Crippen LogP contribution in [0.4, 0.5) is 4.39 Å². The molecule has 0 saturated heterocycles. The Morgan fingerprint density at radius 1 is 1.24 bits per heavy atom. The zero-order valence-corrected chi connectivity index (χ0v) is 12.2. The average molecular weight is 294 g/mol. The van der Waals surface area contributed by atoms with Gasteiger partial charge in [0.15, 0.2) is 0 Å². The first-order valence-corrected chi connectivity index (χ1v) is 7.56. The molecule has 116 valence electrons. The topological polar surface area (TPSA) is 64.4 Å². The second kappa shape index (κ2) is 7.41. The van der Waals surface area contributed by atoms with Crippen LogP contribution in [0.2, 0.25) is 0 Å². The van der Waals surface area contributed by atoms with E-state index in [1.54, 1.807) is 12.1 Å². The van der Waals surface area contributed by atoms with Crippen molar-refractivity contribution in [1.29, 1.82) is 0 Å². The number of ether oxygens (including phenoxy) is 1. The quantitative estimate of drug-likeness (QED) is 0.792. The minimum absolute atomic E-state index is 0.0519. The Balaban J connectivity index is 1.63. The van der Waals surface area contributed by atoms with Crippen molar-refractivity contribution in [3.63, 3.8) is 0 Å². The van der Waals surface area contributed by atoms with E-state index < -0.39 is 5.54 Å². The molecule has 1 aromatic carbocycles. The highest BCUT2D eigenvalue weighted by Crippen LogP contribution is 2.25. The van der Waals surface area contributed by atoms with E-state index in [4.69, 9.17) is 10.5 Å². The van der Waals surface area contributed by atoms with Crippen LogP contribution in [0.5, 0.6) is 5.75 Å². The van der Waals surface area contributed by atoms with Gasteiger partial charge in [-0.25, -0.2) is 4.39 Å². The zero-order chi connectivity index (χ0) is 15.1. The Hall–Kier alpha value is -1.62. The zero-order valence-electron chi connectivity index (χ0n) is 12.2. The first-order valence-electron chi connectivity index (χ1n) is 7.56. The molecule has 5 heteroatoms. The van der Waals surface area contributed by atoms with Gasteiger partial charge in [-0.2, -0.15) is 0 Å². The normalized spacial score (nSPS) is 17.2. The lowest BCUT2D eigenvalue weighted by molar-refractivity contribution is -0.127. The van der Waals surface area contributed by atoms with Crippen molar-refractivity contribution in [2.75, 3.05) is 13.2 Å². The van der Waals surface area contributed by atoms with E-state index in [-0.39, 0.29) is 11.7 Å². The third-order valence-corrected chi connectivity index (χ3v) is 3.89. The van der Waals surface area contributed by atoms with Crippen molar-refractivity contribution in [1.82, 2.24) is 5.32 Å². The smallest absolute Gasteiger partial charge is 0.240 e. The van der Waals surface area contributed by atoms with Gasteiger partial charge >= 0.3 is 0 Å². The van der Waals surface area contributed by atoms with Crippen LogP contribution in [0.1, 0.15) is 38.5 Å². The molecule has 21 heavy (non-hydrogen) atoms. The number of halogens is 1. The molecule has 1 fully saturated rings. The van der Waals surface area contributed by atoms with E-state index in [0.717, 1.165) is 32.1 Å². The number of rotatable bonds is 6. The molecule has 0 bridgehead atoms. The van der Waals surface area contributed by atoms with Crippen molar-refractivity contribution >= 4 is 5.91 Å². The monoisotopic (exact) mass is 294 g/mol. The lowest BCUT2D eigenvalue weighted by Gasteiger charge is -2.31. The number of hydrogen-bond donors (Lipinski definition) is 2. The standard InChI is InChI=1S/C16H23FN2O2/c17-13-5-7-14(8-6-13)21-12-4-11-19-15(20)16(18)9-2-1-3-10-16/h5-8H,1-4,9-12,18H2,(H,19,20). The van der Waals surface area contributed by atoms with Gasteiger partial charge in [-0.15, -0.1) is 0 Å². The van der Waals surface area contributed by atoms with Crippen LogP contribution in [0, 0.1) is 5.82 Å². The van der Waals surface area contributed by atoms with Crippen molar-refractivity contribution in [2.24, 2.45) is 5.73 Å². The summed E-state index contributed by atoms with van der Waals surface area (Å²) in [6.45, 7) is 1.02. The molecule has 3 N–H and O–H groups in total. The van der Waals surface area contributed by atoms with Crippen LogP contribution in [0.3, 0.4) is 0 Å². The number of nitrogens with one attached hydrogen (secondary N) is 1. The molecule has 0 spiro atoms. The van der Waals surface area contributed by atoms with E-state index in [1.807, 2.05) is 0 Å². The number of benzene rings is 1. The molecule has 0 radical (unpaired) electrons. The van der Waals surface area contributed by atoms with Crippen LogP contribution in [0.25, 0.3) is 0 Å². The average Bonchev–Trinajstić information content (AvgIpc) is 2.49. The van der Waals surface area contributed by atoms with Gasteiger partial charge in [0.2, 0.25) is 5.91 Å². The van der Waals surface area contributed by atoms with Gasteiger partial charge < -0.3 is 15.8 Å². The molecule has 0 aromatic heterocycles. The number of hydrogen-bond acceptors (Lipinski definition) is 3. The molecule has 1 aromatic rings. The van der Waals surface area contributed by atoms with Crippen LogP contribution in [0.15, 0.2) is 24.3 Å². The molecule has 1 aliphatic rings. The van der Waals surface area contributed by atoms with Gasteiger partial charge in [0, 0.05) is 6.54 Å². The minimum atomic E-state index is -0.684. The highest BCUT2D eigenvalue weighted by Gasteiger charge is 2.34. The second-order valence-electron chi connectivity index (χ2n) is 5.63. The fourth-order valence-corrected chi connectivity index (χ4v) is 2.58. The Labute approximate surface area is 124 Å². The summed E-state index contributed by atoms with van der Waals surface area (Å²) in [4.78, 5) is 12.1. The minimum Gasteiger partial charge on any atom is -0.494 e. The third kappa shape index (κ3) is 4.70. The fourth-order valence-electron chi connectivity index (χ4n) is 2.58. The van der Waals surface area contributed by atoms with E-state index in [1.165, 1.54) is 12.1 Å². The summed E-state index contributed by atoms with van der Waals surface area (Å²) in [7, 11) is 0. The number of amides is 1. The first kappa shape index (κ1) is 15.8. The predicted molar refractivity (Wildman–Crippen MR) is 79.5 cm³/mol. The maximum atomic E-state index is 12.7. The summed E-state index contributed by atoms with van der Waals surface area (Å²) in [6, 6.07) is 5.90. The molecule has 0 aliphatic heterocycles. The maximum absolute atomic E-state index is 12.7. The fraction of sp³-hybridized carbons (Fsp3) is 0.562. The largest absolute Gasteiger partial charge is 0.494 e. The maximum Gasteiger partial charge on any atom is 0.240 e. The van der Waals surface area contributed by atoms with Gasteiger partial charge in [-0.05, 0) is 43.5 Å². The molecule has 0 atom stereocenters. The molecule has 0 unspecified atom stereocenters. The molecule has 0 heterocycles. The number of carbonyl (C=O) groups is 1. The highest BCUT2D eigenvalue weighted by atomic mass is 19.1. The highest BCUT2D eigenvalue weighted by molar-refractivity contribution is 5.86. The lowest BCUT2D eigenvalue weighted by atomic mass is 9.82.